The summed E-state index contributed by atoms with van der Waals surface area (Å²) in [4.78, 5) is 36.1. The molecule has 3 rings (SSSR count). The highest BCUT2D eigenvalue weighted by molar-refractivity contribution is 6.42. The van der Waals surface area contributed by atoms with Gasteiger partial charge in [-0.2, -0.15) is 5.26 Å². The lowest BCUT2D eigenvalue weighted by Gasteiger charge is -2.29. The maximum Gasteiger partial charge on any atom is 0.336 e. The molecule has 2 aromatic carbocycles. The maximum absolute atomic E-state index is 13.2. The van der Waals surface area contributed by atoms with Crippen LogP contribution >= 0.6 is 23.2 Å². The number of ether oxygens (including phenoxy) is 1. The summed E-state index contributed by atoms with van der Waals surface area (Å²) < 4.78 is 5.46. The predicted octanol–water partition coefficient (Wildman–Crippen LogP) is 5.15. The number of non-ortho nitro benzene ring substituents is 1. The Hall–Kier alpha value is -3.87. The zero-order valence-corrected chi connectivity index (χ0v) is 20.8. The van der Waals surface area contributed by atoms with Crippen LogP contribution in [-0.4, -0.2) is 28.6 Å². The number of nitriles is 1. The van der Waals surface area contributed by atoms with E-state index in [1.807, 2.05) is 0 Å². The van der Waals surface area contributed by atoms with Crippen molar-refractivity contribution in [1.82, 2.24) is 5.32 Å². The van der Waals surface area contributed by atoms with Crippen molar-refractivity contribution in [2.75, 3.05) is 6.61 Å². The van der Waals surface area contributed by atoms with Gasteiger partial charge in [-0.15, -0.1) is 0 Å². The molecule has 2 atom stereocenters. The zero-order chi connectivity index (χ0) is 26.6. The summed E-state index contributed by atoms with van der Waals surface area (Å²) >= 11 is 12.0. The fraction of sp³-hybridized carbons (Fsp3) is 0.240. The first-order valence-electron chi connectivity index (χ1n) is 10.7. The zero-order valence-electron chi connectivity index (χ0n) is 19.2. The summed E-state index contributed by atoms with van der Waals surface area (Å²) in [6.07, 6.45) is 0.241. The molecule has 0 radical (unpaired) electrons. The summed E-state index contributed by atoms with van der Waals surface area (Å²) in [5, 5.41) is 34.4. The van der Waals surface area contributed by atoms with Crippen LogP contribution in [0.15, 0.2) is 65.0 Å². The molecule has 11 heteroatoms. The number of benzene rings is 2. The van der Waals surface area contributed by atoms with Crippen LogP contribution in [0.5, 0.6) is 0 Å². The molecule has 186 valence electrons. The van der Waals surface area contributed by atoms with Crippen molar-refractivity contribution in [1.29, 1.82) is 5.26 Å². The topological polar surface area (TPSA) is 143 Å². The highest BCUT2D eigenvalue weighted by Gasteiger charge is 2.38. The van der Waals surface area contributed by atoms with Crippen LogP contribution < -0.4 is 5.32 Å². The highest BCUT2D eigenvalue weighted by Crippen LogP contribution is 2.39. The number of aliphatic carboxylic acids is 1. The van der Waals surface area contributed by atoms with E-state index in [1.165, 1.54) is 24.3 Å². The van der Waals surface area contributed by atoms with Gasteiger partial charge in [-0.25, -0.2) is 9.59 Å². The van der Waals surface area contributed by atoms with Gasteiger partial charge in [-0.1, -0.05) is 41.4 Å². The number of carboxylic acids is 1. The molecule has 0 saturated carbocycles. The number of carboxylic acid groups (broad SMARTS) is 1. The molecule has 0 spiro atoms. The van der Waals surface area contributed by atoms with Crippen molar-refractivity contribution in [2.24, 2.45) is 5.92 Å². The second-order valence-electron chi connectivity index (χ2n) is 8.17. The molecule has 0 fully saturated rings. The molecule has 2 unspecified atom stereocenters. The summed E-state index contributed by atoms with van der Waals surface area (Å²) in [5.74, 6) is -3.95. The molecule has 0 aliphatic carbocycles. The van der Waals surface area contributed by atoms with Gasteiger partial charge in [0.25, 0.3) is 5.69 Å². The smallest absolute Gasteiger partial charge is 0.336 e. The number of dihydropyridines is 1. The third kappa shape index (κ3) is 5.85. The molecular weight excluding hydrogens is 509 g/mol. The standard InChI is InChI=1S/C25H21Cl2N3O6/c1-13-21(24(31)32)23(17-4-3-5-18(10-17)30(34)35)22(14(2)29-13)25(33)36-12-16(11-28)8-15-6-7-19(26)20(27)9-15/h3-7,9-10,16,23,29H,8,12H2,1-2H3,(H,31,32). The largest absolute Gasteiger partial charge is 0.478 e. The number of hydrogen-bond donors (Lipinski definition) is 2. The average molecular weight is 530 g/mol. The van der Waals surface area contributed by atoms with Crippen LogP contribution in [0.3, 0.4) is 0 Å². The van der Waals surface area contributed by atoms with E-state index in [0.29, 0.717) is 21.4 Å². The second-order valence-corrected chi connectivity index (χ2v) is 8.98. The van der Waals surface area contributed by atoms with Gasteiger partial charge in [-0.05, 0) is 43.5 Å². The predicted molar refractivity (Wildman–Crippen MR) is 132 cm³/mol. The minimum Gasteiger partial charge on any atom is -0.478 e. The molecule has 0 aromatic heterocycles. The van der Waals surface area contributed by atoms with Crippen LogP contribution in [0.1, 0.15) is 30.9 Å². The Bertz CT molecular complexity index is 1350. The maximum atomic E-state index is 13.2. The van der Waals surface area contributed by atoms with Gasteiger partial charge < -0.3 is 15.2 Å². The van der Waals surface area contributed by atoms with E-state index in [4.69, 9.17) is 27.9 Å². The fourth-order valence-electron chi connectivity index (χ4n) is 4.05. The van der Waals surface area contributed by atoms with Crippen LogP contribution in [0.25, 0.3) is 0 Å². The number of esters is 1. The van der Waals surface area contributed by atoms with Crippen LogP contribution in [0.4, 0.5) is 5.69 Å². The first-order valence-corrected chi connectivity index (χ1v) is 11.5. The van der Waals surface area contributed by atoms with Gasteiger partial charge in [0.05, 0.1) is 44.0 Å². The van der Waals surface area contributed by atoms with Crippen molar-refractivity contribution in [2.45, 2.75) is 26.2 Å². The van der Waals surface area contributed by atoms with Crippen molar-refractivity contribution >= 4 is 40.8 Å². The van der Waals surface area contributed by atoms with E-state index in [9.17, 15) is 30.1 Å². The van der Waals surface area contributed by atoms with E-state index in [1.54, 1.807) is 32.0 Å². The normalized spacial score (nSPS) is 16.1. The lowest BCUT2D eigenvalue weighted by molar-refractivity contribution is -0.384. The molecule has 2 aromatic rings. The molecule has 36 heavy (non-hydrogen) atoms. The van der Waals surface area contributed by atoms with Crippen LogP contribution in [0, 0.1) is 27.4 Å². The van der Waals surface area contributed by atoms with E-state index in [0.717, 1.165) is 5.56 Å². The number of halogens is 2. The highest BCUT2D eigenvalue weighted by atomic mass is 35.5. The van der Waals surface area contributed by atoms with Gasteiger partial charge >= 0.3 is 11.9 Å². The average Bonchev–Trinajstić information content (AvgIpc) is 2.83. The van der Waals surface area contributed by atoms with E-state index >= 15 is 0 Å². The van der Waals surface area contributed by atoms with Gasteiger partial charge in [0, 0.05) is 23.5 Å². The summed E-state index contributed by atoms with van der Waals surface area (Å²) in [6, 6.07) is 12.5. The molecule has 0 amide bonds. The molecule has 0 bridgehead atoms. The van der Waals surface area contributed by atoms with E-state index < -0.39 is 28.7 Å². The van der Waals surface area contributed by atoms with E-state index in [-0.39, 0.29) is 35.4 Å². The summed E-state index contributed by atoms with van der Waals surface area (Å²) in [7, 11) is 0. The Morgan fingerprint density at radius 3 is 2.47 bits per heavy atom. The van der Waals surface area contributed by atoms with E-state index in [2.05, 4.69) is 11.4 Å². The second kappa shape index (κ2) is 11.2. The molecule has 2 N–H and O–H groups in total. The number of nitro benzene ring substituents is 1. The first-order chi connectivity index (χ1) is 17.0. The quantitative estimate of drug-likeness (QED) is 0.271. The van der Waals surface area contributed by atoms with Gasteiger partial charge in [0.15, 0.2) is 0 Å². The van der Waals surface area contributed by atoms with Gasteiger partial charge in [0.2, 0.25) is 0 Å². The Labute approximate surface area is 216 Å². The fourth-order valence-corrected chi connectivity index (χ4v) is 4.37. The third-order valence-corrected chi connectivity index (χ3v) is 6.43. The Morgan fingerprint density at radius 1 is 1.17 bits per heavy atom. The van der Waals surface area contributed by atoms with Crippen molar-refractivity contribution < 1.29 is 24.4 Å². The lowest BCUT2D eigenvalue weighted by Crippen LogP contribution is -2.32. The van der Waals surface area contributed by atoms with Crippen molar-refractivity contribution in [3.8, 4) is 6.07 Å². The molecule has 1 heterocycles. The first kappa shape index (κ1) is 26.7. The minimum absolute atomic E-state index is 0.00951. The number of hydrogen-bond acceptors (Lipinski definition) is 7. The number of nitrogens with zero attached hydrogens (tertiary/aromatic N) is 2. The van der Waals surface area contributed by atoms with Crippen molar-refractivity contribution in [3.05, 3.63) is 96.3 Å². The number of rotatable bonds is 8. The number of nitro groups is 1. The summed E-state index contributed by atoms with van der Waals surface area (Å²) in [6.45, 7) is 2.86. The molecule has 1 aliphatic heterocycles. The molecule has 1 aliphatic rings. The Kier molecular flexibility index (Phi) is 8.35. The minimum atomic E-state index is -1.29. The van der Waals surface area contributed by atoms with Gasteiger partial charge in [0.1, 0.15) is 6.61 Å². The molecule has 9 nitrogen and oxygen atoms in total. The van der Waals surface area contributed by atoms with Crippen LogP contribution in [0.2, 0.25) is 10.0 Å². The lowest BCUT2D eigenvalue weighted by atomic mass is 9.80. The number of allylic oxidation sites excluding steroid dienone is 2. The Morgan fingerprint density at radius 2 is 1.86 bits per heavy atom. The molecule has 0 saturated heterocycles. The monoisotopic (exact) mass is 529 g/mol. The number of nitrogens with one attached hydrogen (secondary N) is 1. The Balaban J connectivity index is 1.90. The summed E-state index contributed by atoms with van der Waals surface area (Å²) in [5.41, 5.74) is 1.22. The molecular formula is C25H21Cl2N3O6. The SMILES string of the molecule is CC1=C(C(=O)O)C(c2cccc([N+](=O)[O-])c2)C(C(=O)OCC(C#N)Cc2ccc(Cl)c(Cl)c2)=C(C)N1. The van der Waals surface area contributed by atoms with Crippen molar-refractivity contribution in [3.63, 3.8) is 0 Å². The van der Waals surface area contributed by atoms with Crippen LogP contribution in [-0.2, 0) is 20.7 Å². The number of carbonyl (C=O) groups is 2. The van der Waals surface area contributed by atoms with Gasteiger partial charge in [-0.3, -0.25) is 10.1 Å². The number of carbonyl (C=O) groups excluding carboxylic acids is 1. The third-order valence-electron chi connectivity index (χ3n) is 5.69.